The number of halogens is 1. The van der Waals surface area contributed by atoms with Gasteiger partial charge in [-0.1, -0.05) is 49.0 Å². The number of rotatable bonds is 4. The van der Waals surface area contributed by atoms with Gasteiger partial charge in [-0.2, -0.15) is 0 Å². The van der Waals surface area contributed by atoms with Gasteiger partial charge in [0.1, 0.15) is 21.6 Å². The number of aryl methyl sites for hydroxylation is 3. The molecule has 2 aliphatic carbocycles. The topological polar surface area (TPSA) is 63.1 Å². The Morgan fingerprint density at radius 2 is 1.78 bits per heavy atom. The van der Waals surface area contributed by atoms with Crippen LogP contribution in [0.5, 0.6) is 0 Å². The number of aliphatic hydroxyl groups excluding tert-OH is 1. The van der Waals surface area contributed by atoms with Crippen molar-refractivity contribution in [2.75, 3.05) is 0 Å². The minimum absolute atomic E-state index is 0.0131. The maximum atomic E-state index is 13.5. The van der Waals surface area contributed by atoms with Gasteiger partial charge in [0, 0.05) is 25.2 Å². The highest BCUT2D eigenvalue weighted by atomic mass is 32.1. The molecule has 6 heteroatoms. The predicted molar refractivity (Wildman–Crippen MR) is 127 cm³/mol. The molecule has 2 aromatic rings. The number of hydrogen-bond donors (Lipinski definition) is 1. The summed E-state index contributed by atoms with van der Waals surface area (Å²) in [4.78, 5) is 13.2. The van der Waals surface area contributed by atoms with Crippen molar-refractivity contribution in [1.29, 1.82) is 0 Å². The van der Waals surface area contributed by atoms with Gasteiger partial charge in [0.15, 0.2) is 5.78 Å². The van der Waals surface area contributed by atoms with E-state index in [0.29, 0.717) is 24.8 Å². The lowest BCUT2D eigenvalue weighted by Crippen LogP contribution is -2.23. The van der Waals surface area contributed by atoms with Crippen molar-refractivity contribution >= 4 is 28.3 Å². The molecular formula is C26H29FN2O2S. The Hall–Kier alpha value is -2.60. The zero-order chi connectivity index (χ0) is 23.2. The molecule has 0 fully saturated rings. The number of aromatic nitrogens is 2. The van der Waals surface area contributed by atoms with E-state index in [1.165, 1.54) is 17.4 Å². The van der Waals surface area contributed by atoms with Crippen molar-refractivity contribution < 1.29 is 14.3 Å². The van der Waals surface area contributed by atoms with Gasteiger partial charge in [0.2, 0.25) is 0 Å². The summed E-state index contributed by atoms with van der Waals surface area (Å²) < 4.78 is 13.5. The summed E-state index contributed by atoms with van der Waals surface area (Å²) in [5.41, 5.74) is 5.50. The quantitative estimate of drug-likeness (QED) is 0.555. The Morgan fingerprint density at radius 3 is 2.41 bits per heavy atom. The minimum atomic E-state index is -0.114. The first-order valence-electron chi connectivity index (χ1n) is 11.1. The third-order valence-corrected chi connectivity index (χ3v) is 7.83. The Balaban J connectivity index is 1.59. The molecule has 0 saturated carbocycles. The largest absolute Gasteiger partial charge is 0.512 e. The van der Waals surface area contributed by atoms with E-state index in [4.69, 9.17) is 0 Å². The molecule has 4 rings (SSSR count). The molecule has 1 N–H and O–H groups in total. The highest BCUT2D eigenvalue weighted by molar-refractivity contribution is 7.12. The van der Waals surface area contributed by atoms with Crippen LogP contribution < -0.4 is 0 Å². The fraction of sp³-hybridized carbons (Fsp3) is 0.423. The monoisotopic (exact) mass is 452 g/mol. The van der Waals surface area contributed by atoms with Gasteiger partial charge in [0.05, 0.1) is 5.57 Å². The molecule has 1 aromatic heterocycles. The number of allylic oxidation sites excluding steroid dienone is 6. The molecule has 4 nitrogen and oxygen atoms in total. The smallest absolute Gasteiger partial charge is 0.167 e. The van der Waals surface area contributed by atoms with Crippen LogP contribution in [0.15, 0.2) is 35.9 Å². The van der Waals surface area contributed by atoms with E-state index in [2.05, 4.69) is 22.3 Å². The molecule has 3 atom stereocenters. The summed E-state index contributed by atoms with van der Waals surface area (Å²) >= 11 is 1.50. The van der Waals surface area contributed by atoms with Gasteiger partial charge in [-0.3, -0.25) is 4.79 Å². The maximum Gasteiger partial charge on any atom is 0.167 e. The van der Waals surface area contributed by atoms with E-state index in [-0.39, 0.29) is 35.1 Å². The molecule has 0 amide bonds. The highest BCUT2D eigenvalue weighted by Crippen LogP contribution is 2.42. The standard InChI is InChI=1S/C26H29FN2O2S/c1-13-8-15(3)23(16(4)9-13)24-21(30)11-18(12-22(24)31)17(5)25-28-29-26(32-25)20-7-6-19(27)10-14(20)2/h6-9,14,17-18,30H,10-12H2,1-5H3. The zero-order valence-electron chi connectivity index (χ0n) is 19.2. The van der Waals surface area contributed by atoms with Crippen LogP contribution in [0.4, 0.5) is 4.39 Å². The third kappa shape index (κ3) is 4.20. The van der Waals surface area contributed by atoms with Crippen molar-refractivity contribution in [2.45, 2.75) is 59.8 Å². The average molecular weight is 453 g/mol. The molecule has 0 radical (unpaired) electrons. The number of hydrogen-bond acceptors (Lipinski definition) is 5. The number of benzene rings is 1. The fourth-order valence-electron chi connectivity index (χ4n) is 4.97. The van der Waals surface area contributed by atoms with E-state index in [1.54, 1.807) is 6.08 Å². The first-order chi connectivity index (χ1) is 15.2. The summed E-state index contributed by atoms with van der Waals surface area (Å²) in [6.07, 6.45) is 4.48. The van der Waals surface area contributed by atoms with Crippen molar-refractivity contribution in [1.82, 2.24) is 10.2 Å². The second-order valence-corrected chi connectivity index (χ2v) is 10.3. The second kappa shape index (κ2) is 8.74. The summed E-state index contributed by atoms with van der Waals surface area (Å²) in [6, 6.07) is 4.10. The fourth-order valence-corrected chi connectivity index (χ4v) is 6.10. The Morgan fingerprint density at radius 1 is 1.09 bits per heavy atom. The van der Waals surface area contributed by atoms with Gasteiger partial charge in [0.25, 0.3) is 0 Å². The SMILES string of the molecule is Cc1cc(C)c(C2=C(O)CC(C(C)c3nnc(C4=CC=C(F)CC4C)s3)CC2=O)c(C)c1. The normalized spacial score (nSPS) is 22.6. The summed E-state index contributed by atoms with van der Waals surface area (Å²) in [5.74, 6) is 0.0471. The first kappa shape index (κ1) is 22.6. The minimum Gasteiger partial charge on any atom is -0.512 e. The van der Waals surface area contributed by atoms with E-state index < -0.39 is 0 Å². The van der Waals surface area contributed by atoms with Crippen LogP contribution >= 0.6 is 11.3 Å². The van der Waals surface area contributed by atoms with Gasteiger partial charge in [-0.25, -0.2) is 4.39 Å². The van der Waals surface area contributed by atoms with Crippen LogP contribution in [0.1, 0.15) is 71.3 Å². The Kier molecular flexibility index (Phi) is 6.17. The van der Waals surface area contributed by atoms with Crippen LogP contribution in [-0.4, -0.2) is 21.1 Å². The van der Waals surface area contributed by atoms with E-state index >= 15 is 0 Å². The summed E-state index contributed by atoms with van der Waals surface area (Å²) in [5, 5.41) is 21.3. The van der Waals surface area contributed by atoms with Crippen LogP contribution in [0.3, 0.4) is 0 Å². The molecule has 0 aliphatic heterocycles. The molecule has 0 bridgehead atoms. The van der Waals surface area contributed by atoms with Crippen LogP contribution in [-0.2, 0) is 4.79 Å². The van der Waals surface area contributed by atoms with Crippen molar-refractivity contribution in [3.63, 3.8) is 0 Å². The number of aliphatic hydroxyl groups is 1. The first-order valence-corrected chi connectivity index (χ1v) is 11.9. The zero-order valence-corrected chi connectivity index (χ0v) is 20.0. The predicted octanol–water partition coefficient (Wildman–Crippen LogP) is 6.79. The molecular weight excluding hydrogens is 423 g/mol. The molecule has 1 heterocycles. The molecule has 0 saturated heterocycles. The van der Waals surface area contributed by atoms with E-state index in [1.807, 2.05) is 34.6 Å². The van der Waals surface area contributed by atoms with E-state index in [9.17, 15) is 14.3 Å². The number of carbonyl (C=O) groups excluding carboxylic acids is 1. The average Bonchev–Trinajstić information content (AvgIpc) is 3.18. The molecule has 168 valence electrons. The highest BCUT2D eigenvalue weighted by Gasteiger charge is 2.35. The summed E-state index contributed by atoms with van der Waals surface area (Å²) in [6.45, 7) is 10.0. The Labute approximate surface area is 192 Å². The molecule has 1 aromatic carbocycles. The summed E-state index contributed by atoms with van der Waals surface area (Å²) in [7, 11) is 0. The van der Waals surface area contributed by atoms with Gasteiger partial charge < -0.3 is 5.11 Å². The maximum absolute atomic E-state index is 13.5. The van der Waals surface area contributed by atoms with E-state index in [0.717, 1.165) is 37.8 Å². The number of ketones is 1. The van der Waals surface area contributed by atoms with Gasteiger partial charge in [-0.15, -0.1) is 10.2 Å². The molecule has 32 heavy (non-hydrogen) atoms. The van der Waals surface area contributed by atoms with Gasteiger partial charge >= 0.3 is 0 Å². The number of Topliss-reactive ketones (excluding diaryl/α,β-unsaturated/α-hetero) is 1. The van der Waals surface area contributed by atoms with Crippen molar-refractivity contribution in [2.24, 2.45) is 11.8 Å². The molecule has 0 spiro atoms. The lowest BCUT2D eigenvalue weighted by molar-refractivity contribution is -0.115. The van der Waals surface area contributed by atoms with Crippen molar-refractivity contribution in [3.8, 4) is 0 Å². The van der Waals surface area contributed by atoms with Crippen LogP contribution in [0, 0.1) is 32.6 Å². The molecule has 2 aliphatic rings. The Bertz CT molecular complexity index is 1150. The van der Waals surface area contributed by atoms with Crippen LogP contribution in [0.25, 0.3) is 11.1 Å². The lowest BCUT2D eigenvalue weighted by Gasteiger charge is -2.28. The number of nitrogens with zero attached hydrogens (tertiary/aromatic N) is 2. The third-order valence-electron chi connectivity index (χ3n) is 6.66. The number of carbonyl (C=O) groups is 1. The lowest BCUT2D eigenvalue weighted by atomic mass is 9.77. The van der Waals surface area contributed by atoms with Gasteiger partial charge in [-0.05, 0) is 60.9 Å². The van der Waals surface area contributed by atoms with Crippen molar-refractivity contribution in [3.05, 3.63) is 68.1 Å². The van der Waals surface area contributed by atoms with Crippen LogP contribution in [0.2, 0.25) is 0 Å². The molecule has 3 unspecified atom stereocenters. The second-order valence-electron chi connectivity index (χ2n) is 9.26.